The summed E-state index contributed by atoms with van der Waals surface area (Å²) in [6, 6.07) is 1.07. The summed E-state index contributed by atoms with van der Waals surface area (Å²) in [5, 5.41) is 2.45. The van der Waals surface area contributed by atoms with Crippen LogP contribution in [0.15, 0.2) is 17.1 Å². The molecule has 0 fully saturated rings. The van der Waals surface area contributed by atoms with Crippen LogP contribution in [0, 0.1) is 5.82 Å². The molecule has 1 aromatic heterocycles. The maximum absolute atomic E-state index is 12.9. The fraction of sp³-hybridized carbons (Fsp3) is 0.455. The summed E-state index contributed by atoms with van der Waals surface area (Å²) in [4.78, 5) is 24.3. The standard InChI is InChI=1S/C11H15FN2O3/c1-11(2,3)17-10(16)14-6-7-4-8(12)9(15)13-5-7/h4-5H,6H2,1-3H3,(H,13,15)(H,14,16). The molecule has 0 aliphatic carbocycles. The zero-order valence-electron chi connectivity index (χ0n) is 9.96. The smallest absolute Gasteiger partial charge is 0.407 e. The first-order valence-electron chi connectivity index (χ1n) is 5.12. The number of ether oxygens (including phenoxy) is 1. The van der Waals surface area contributed by atoms with Gasteiger partial charge in [-0.2, -0.15) is 0 Å². The summed E-state index contributed by atoms with van der Waals surface area (Å²) < 4.78 is 17.9. The first-order chi connectivity index (χ1) is 7.78. The number of H-pyrrole nitrogens is 1. The molecule has 0 saturated heterocycles. The third-order valence-corrected chi connectivity index (χ3v) is 1.75. The van der Waals surface area contributed by atoms with Gasteiger partial charge in [0.05, 0.1) is 0 Å². The number of hydrogen-bond donors (Lipinski definition) is 2. The predicted octanol–water partition coefficient (Wildman–Crippen LogP) is 1.54. The van der Waals surface area contributed by atoms with E-state index in [1.807, 2.05) is 0 Å². The van der Waals surface area contributed by atoms with Gasteiger partial charge < -0.3 is 15.0 Å². The van der Waals surface area contributed by atoms with E-state index in [-0.39, 0.29) is 6.54 Å². The van der Waals surface area contributed by atoms with Gasteiger partial charge in [-0.15, -0.1) is 0 Å². The van der Waals surface area contributed by atoms with Gasteiger partial charge in [-0.25, -0.2) is 9.18 Å². The molecule has 17 heavy (non-hydrogen) atoms. The summed E-state index contributed by atoms with van der Waals surface area (Å²) in [6.45, 7) is 5.31. The topological polar surface area (TPSA) is 71.2 Å². The predicted molar refractivity (Wildman–Crippen MR) is 60.1 cm³/mol. The highest BCUT2D eigenvalue weighted by Crippen LogP contribution is 2.06. The van der Waals surface area contributed by atoms with Crippen molar-refractivity contribution in [3.05, 3.63) is 34.0 Å². The lowest BCUT2D eigenvalue weighted by Crippen LogP contribution is -2.32. The van der Waals surface area contributed by atoms with Crippen molar-refractivity contribution in [2.45, 2.75) is 32.9 Å². The summed E-state index contributed by atoms with van der Waals surface area (Å²) in [5.41, 5.74) is -0.917. The minimum Gasteiger partial charge on any atom is -0.444 e. The number of aromatic nitrogens is 1. The maximum Gasteiger partial charge on any atom is 0.407 e. The zero-order valence-corrected chi connectivity index (χ0v) is 9.96. The van der Waals surface area contributed by atoms with Crippen LogP contribution in [0.1, 0.15) is 26.3 Å². The van der Waals surface area contributed by atoms with Crippen LogP contribution in [0.5, 0.6) is 0 Å². The molecule has 1 heterocycles. The first kappa shape index (κ1) is 13.2. The number of halogens is 1. The minimum atomic E-state index is -0.881. The number of alkyl carbamates (subject to hydrolysis) is 1. The van der Waals surface area contributed by atoms with E-state index in [1.165, 1.54) is 6.20 Å². The summed E-state index contributed by atoms with van der Waals surface area (Å²) in [7, 11) is 0. The Hall–Kier alpha value is -1.85. The first-order valence-corrected chi connectivity index (χ1v) is 5.12. The van der Waals surface area contributed by atoms with Crippen molar-refractivity contribution in [2.24, 2.45) is 0 Å². The molecule has 94 valence electrons. The molecule has 0 saturated carbocycles. The monoisotopic (exact) mass is 242 g/mol. The van der Waals surface area contributed by atoms with Gasteiger partial charge in [-0.3, -0.25) is 4.79 Å². The van der Waals surface area contributed by atoms with Gasteiger partial charge in [0.25, 0.3) is 5.56 Å². The number of amides is 1. The zero-order chi connectivity index (χ0) is 13.1. The van der Waals surface area contributed by atoms with Gasteiger partial charge in [-0.1, -0.05) is 0 Å². The largest absolute Gasteiger partial charge is 0.444 e. The average Bonchev–Trinajstić information content (AvgIpc) is 2.17. The Morgan fingerprint density at radius 1 is 1.53 bits per heavy atom. The summed E-state index contributed by atoms with van der Waals surface area (Å²) in [6.07, 6.45) is 0.743. The quantitative estimate of drug-likeness (QED) is 0.826. The molecular formula is C11H15FN2O3. The lowest BCUT2D eigenvalue weighted by atomic mass is 10.2. The fourth-order valence-corrected chi connectivity index (χ4v) is 1.09. The fourth-order valence-electron chi connectivity index (χ4n) is 1.09. The molecule has 0 aromatic carbocycles. The highest BCUT2D eigenvalue weighted by atomic mass is 19.1. The van der Waals surface area contributed by atoms with Crippen LogP contribution < -0.4 is 10.9 Å². The van der Waals surface area contributed by atoms with Gasteiger partial charge in [0, 0.05) is 12.7 Å². The third-order valence-electron chi connectivity index (χ3n) is 1.75. The lowest BCUT2D eigenvalue weighted by Gasteiger charge is -2.19. The number of aromatic amines is 1. The molecule has 2 N–H and O–H groups in total. The second-order valence-electron chi connectivity index (χ2n) is 4.54. The van der Waals surface area contributed by atoms with E-state index in [1.54, 1.807) is 20.8 Å². The van der Waals surface area contributed by atoms with Gasteiger partial charge in [0.2, 0.25) is 0 Å². The van der Waals surface area contributed by atoms with E-state index >= 15 is 0 Å². The molecule has 0 spiro atoms. The number of carbonyl (C=O) groups is 1. The van der Waals surface area contributed by atoms with Gasteiger partial charge in [0.15, 0.2) is 5.82 Å². The normalized spacial score (nSPS) is 11.1. The van der Waals surface area contributed by atoms with Crippen LogP contribution in [0.4, 0.5) is 9.18 Å². The van der Waals surface area contributed by atoms with Gasteiger partial charge in [0.1, 0.15) is 5.60 Å². The van der Waals surface area contributed by atoms with Crippen molar-refractivity contribution >= 4 is 6.09 Å². The molecule has 1 rings (SSSR count). The molecule has 0 atom stereocenters. The van der Waals surface area contributed by atoms with Crippen molar-refractivity contribution in [2.75, 3.05) is 0 Å². The number of carbonyl (C=O) groups excluding carboxylic acids is 1. The highest BCUT2D eigenvalue weighted by Gasteiger charge is 2.15. The molecule has 0 bridgehead atoms. The highest BCUT2D eigenvalue weighted by molar-refractivity contribution is 5.67. The van der Waals surface area contributed by atoms with E-state index in [9.17, 15) is 14.0 Å². The van der Waals surface area contributed by atoms with Crippen molar-refractivity contribution in [3.63, 3.8) is 0 Å². The average molecular weight is 242 g/mol. The van der Waals surface area contributed by atoms with E-state index in [4.69, 9.17) is 4.74 Å². The molecule has 0 unspecified atom stereocenters. The van der Waals surface area contributed by atoms with Crippen molar-refractivity contribution < 1.29 is 13.9 Å². The second kappa shape index (κ2) is 4.99. The van der Waals surface area contributed by atoms with E-state index in [2.05, 4.69) is 10.3 Å². The summed E-state index contributed by atoms with van der Waals surface area (Å²) in [5.74, 6) is -0.881. The number of nitrogens with one attached hydrogen (secondary N) is 2. The van der Waals surface area contributed by atoms with Gasteiger partial charge in [-0.05, 0) is 32.4 Å². The van der Waals surface area contributed by atoms with Crippen LogP contribution in [0.2, 0.25) is 0 Å². The van der Waals surface area contributed by atoms with Crippen molar-refractivity contribution in [1.82, 2.24) is 10.3 Å². The number of rotatable bonds is 2. The lowest BCUT2D eigenvalue weighted by molar-refractivity contribution is 0.0523. The Balaban J connectivity index is 2.53. The Morgan fingerprint density at radius 2 is 2.18 bits per heavy atom. The Kier molecular flexibility index (Phi) is 3.88. The molecule has 6 heteroatoms. The van der Waals surface area contributed by atoms with Gasteiger partial charge >= 0.3 is 6.09 Å². The van der Waals surface area contributed by atoms with E-state index in [0.717, 1.165) is 6.07 Å². The number of pyridine rings is 1. The molecule has 1 amide bonds. The Morgan fingerprint density at radius 3 is 2.71 bits per heavy atom. The van der Waals surface area contributed by atoms with Crippen LogP contribution in [-0.4, -0.2) is 16.7 Å². The van der Waals surface area contributed by atoms with Crippen LogP contribution in [0.25, 0.3) is 0 Å². The molecule has 0 radical (unpaired) electrons. The van der Waals surface area contributed by atoms with E-state index < -0.39 is 23.1 Å². The SMILES string of the molecule is CC(C)(C)OC(=O)NCc1c[nH]c(=O)c(F)c1. The maximum atomic E-state index is 12.9. The van der Waals surface area contributed by atoms with Crippen LogP contribution >= 0.6 is 0 Å². The Labute approximate surface area is 98.0 Å². The molecule has 0 aliphatic rings. The molecular weight excluding hydrogens is 227 g/mol. The molecule has 0 aliphatic heterocycles. The molecule has 1 aromatic rings. The minimum absolute atomic E-state index is 0.0859. The van der Waals surface area contributed by atoms with Crippen LogP contribution in [-0.2, 0) is 11.3 Å². The van der Waals surface area contributed by atoms with Crippen molar-refractivity contribution in [1.29, 1.82) is 0 Å². The van der Waals surface area contributed by atoms with E-state index in [0.29, 0.717) is 5.56 Å². The number of hydrogen-bond acceptors (Lipinski definition) is 3. The van der Waals surface area contributed by atoms with Crippen LogP contribution in [0.3, 0.4) is 0 Å². The second-order valence-corrected chi connectivity index (χ2v) is 4.54. The van der Waals surface area contributed by atoms with Crippen molar-refractivity contribution in [3.8, 4) is 0 Å². The molecule has 5 nitrogen and oxygen atoms in total. The Bertz CT molecular complexity index is 463. The third kappa shape index (κ3) is 4.67. The summed E-state index contributed by atoms with van der Waals surface area (Å²) >= 11 is 0.